The minimum absolute atomic E-state index is 0.0183. The van der Waals surface area contributed by atoms with Crippen LogP contribution < -0.4 is 11.1 Å². The Kier molecular flexibility index (Phi) is 5.92. The maximum atomic E-state index is 13.7. The number of amides is 1. The second-order valence-corrected chi connectivity index (χ2v) is 11.6. The van der Waals surface area contributed by atoms with Crippen molar-refractivity contribution in [2.45, 2.75) is 64.6 Å². The molecule has 1 aromatic heterocycles. The predicted molar refractivity (Wildman–Crippen MR) is 139 cm³/mol. The van der Waals surface area contributed by atoms with E-state index in [0.717, 1.165) is 22.3 Å². The molecule has 3 aliphatic carbocycles. The molecule has 3 atom stereocenters. The molecule has 0 aliphatic heterocycles. The number of fused-ring (bicyclic) bond motifs is 3. The van der Waals surface area contributed by atoms with Gasteiger partial charge in [-0.05, 0) is 63.6 Å². The Morgan fingerprint density at radius 2 is 1.89 bits per heavy atom. The number of hydrogen-bond donors (Lipinski definition) is 5. The van der Waals surface area contributed by atoms with Crippen LogP contribution in [-0.4, -0.2) is 43.9 Å². The molecule has 0 saturated heterocycles. The highest BCUT2D eigenvalue weighted by Gasteiger charge is 2.60. The second kappa shape index (κ2) is 8.68. The first-order chi connectivity index (χ1) is 17.8. The van der Waals surface area contributed by atoms with E-state index in [2.05, 4.69) is 26.1 Å². The van der Waals surface area contributed by atoms with E-state index in [9.17, 15) is 29.7 Å². The molecule has 0 radical (unpaired) electrons. The zero-order valence-electron chi connectivity index (χ0n) is 21.8. The summed E-state index contributed by atoms with van der Waals surface area (Å²) in [5.41, 5.74) is 5.61. The van der Waals surface area contributed by atoms with Crippen molar-refractivity contribution in [1.29, 1.82) is 0 Å². The average Bonchev–Trinajstić information content (AvgIpc) is 3.28. The van der Waals surface area contributed by atoms with Gasteiger partial charge in [-0.1, -0.05) is 12.1 Å². The number of aliphatic hydroxyl groups excluding tert-OH is 2. The molecule has 9 heteroatoms. The highest BCUT2D eigenvalue weighted by molar-refractivity contribution is 6.22. The van der Waals surface area contributed by atoms with Crippen molar-refractivity contribution in [2.75, 3.05) is 0 Å². The van der Waals surface area contributed by atoms with Crippen molar-refractivity contribution < 1.29 is 34.1 Å². The smallest absolute Gasteiger partial charge is 0.255 e. The first kappa shape index (κ1) is 25.9. The van der Waals surface area contributed by atoms with Gasteiger partial charge in [0.25, 0.3) is 5.91 Å². The Bertz CT molecular complexity index is 1460. The number of ketones is 2. The molecule has 2 aromatic rings. The van der Waals surface area contributed by atoms with Crippen LogP contribution in [0.4, 0.5) is 0 Å². The van der Waals surface area contributed by atoms with Crippen LogP contribution in [0.5, 0.6) is 0 Å². The van der Waals surface area contributed by atoms with Crippen LogP contribution in [0, 0.1) is 18.8 Å². The molecule has 0 bridgehead atoms. The van der Waals surface area contributed by atoms with E-state index < -0.39 is 46.2 Å². The van der Waals surface area contributed by atoms with Crippen molar-refractivity contribution in [1.82, 2.24) is 5.32 Å². The van der Waals surface area contributed by atoms with Crippen LogP contribution in [0.15, 0.2) is 45.8 Å². The Balaban J connectivity index is 1.64. The number of nitrogens with one attached hydrogen (secondary N) is 1. The first-order valence-electron chi connectivity index (χ1n) is 12.7. The number of benzene rings is 1. The molecule has 1 amide bonds. The number of carbonyl (C=O) groups is 3. The van der Waals surface area contributed by atoms with E-state index in [4.69, 9.17) is 10.2 Å². The maximum Gasteiger partial charge on any atom is 0.255 e. The minimum Gasteiger partial charge on any atom is -0.508 e. The molecule has 1 aromatic carbocycles. The number of aliphatic hydroxyl groups is 3. The lowest BCUT2D eigenvalue weighted by molar-refractivity contribution is -0.147. The number of furan rings is 1. The molecule has 3 aliphatic rings. The molecule has 0 spiro atoms. The molecule has 38 heavy (non-hydrogen) atoms. The molecule has 1 heterocycles. The molecular formula is C29H32N2O7. The number of carbonyl (C=O) groups excluding carboxylic acids is 3. The molecule has 0 unspecified atom stereocenters. The quantitative estimate of drug-likeness (QED) is 0.384. The van der Waals surface area contributed by atoms with Gasteiger partial charge in [-0.2, -0.15) is 0 Å². The Morgan fingerprint density at radius 1 is 1.18 bits per heavy atom. The molecule has 1 fully saturated rings. The summed E-state index contributed by atoms with van der Waals surface area (Å²) in [6.07, 6.45) is 1.81. The van der Waals surface area contributed by atoms with Crippen LogP contribution in [-0.2, 0) is 27.3 Å². The predicted octanol–water partition coefficient (Wildman–Crippen LogP) is 3.17. The van der Waals surface area contributed by atoms with Gasteiger partial charge in [-0.25, -0.2) is 0 Å². The molecule has 6 N–H and O–H groups in total. The van der Waals surface area contributed by atoms with Gasteiger partial charge in [0.2, 0.25) is 5.78 Å². The largest absolute Gasteiger partial charge is 0.508 e. The Hall–Kier alpha value is -3.69. The van der Waals surface area contributed by atoms with Crippen LogP contribution >= 0.6 is 0 Å². The topological polar surface area (TPSA) is 163 Å². The summed E-state index contributed by atoms with van der Waals surface area (Å²) in [6, 6.07) is 5.67. The van der Waals surface area contributed by atoms with Crippen LogP contribution in [0.3, 0.4) is 0 Å². The monoisotopic (exact) mass is 520 g/mol. The highest BCUT2D eigenvalue weighted by atomic mass is 16.3. The van der Waals surface area contributed by atoms with Gasteiger partial charge in [0.1, 0.15) is 22.9 Å². The van der Waals surface area contributed by atoms with Crippen molar-refractivity contribution in [3.8, 4) is 11.3 Å². The fraction of sp³-hybridized carbons (Fsp3) is 0.414. The lowest BCUT2D eigenvalue weighted by Crippen LogP contribution is -2.58. The third-order valence-corrected chi connectivity index (χ3v) is 7.98. The average molecular weight is 521 g/mol. The van der Waals surface area contributed by atoms with Crippen LogP contribution in [0.2, 0.25) is 0 Å². The van der Waals surface area contributed by atoms with Gasteiger partial charge in [-0.3, -0.25) is 14.4 Å². The third-order valence-electron chi connectivity index (χ3n) is 7.98. The summed E-state index contributed by atoms with van der Waals surface area (Å²) in [4.78, 5) is 38.1. The van der Waals surface area contributed by atoms with E-state index >= 15 is 0 Å². The number of hydrogen-bond acceptors (Lipinski definition) is 8. The van der Waals surface area contributed by atoms with Crippen molar-refractivity contribution in [3.05, 3.63) is 63.6 Å². The first-order valence-corrected chi connectivity index (χ1v) is 12.7. The molecular weight excluding hydrogens is 488 g/mol. The van der Waals surface area contributed by atoms with E-state index in [-0.39, 0.29) is 29.7 Å². The molecule has 1 saturated carbocycles. The number of primary amides is 1. The molecule has 200 valence electrons. The highest BCUT2D eigenvalue weighted by Crippen LogP contribution is 2.52. The number of rotatable bonds is 4. The second-order valence-electron chi connectivity index (χ2n) is 11.6. The van der Waals surface area contributed by atoms with Gasteiger partial charge in [0, 0.05) is 46.7 Å². The summed E-state index contributed by atoms with van der Waals surface area (Å²) in [5.74, 6) is -4.96. The van der Waals surface area contributed by atoms with E-state index in [1.807, 2.05) is 25.1 Å². The van der Waals surface area contributed by atoms with Gasteiger partial charge in [-0.15, -0.1) is 0 Å². The van der Waals surface area contributed by atoms with E-state index in [1.165, 1.54) is 0 Å². The Morgan fingerprint density at radius 3 is 2.55 bits per heavy atom. The summed E-state index contributed by atoms with van der Waals surface area (Å²) in [7, 11) is 0. The minimum atomic E-state index is -2.51. The summed E-state index contributed by atoms with van der Waals surface area (Å²) >= 11 is 0. The third kappa shape index (κ3) is 3.80. The number of aryl methyl sites for hydroxylation is 1. The fourth-order valence-corrected chi connectivity index (χ4v) is 6.10. The van der Waals surface area contributed by atoms with E-state index in [0.29, 0.717) is 24.3 Å². The van der Waals surface area contributed by atoms with Gasteiger partial charge in [0.15, 0.2) is 11.4 Å². The zero-order valence-corrected chi connectivity index (χ0v) is 21.8. The van der Waals surface area contributed by atoms with Gasteiger partial charge < -0.3 is 30.8 Å². The molecule has 9 nitrogen and oxygen atoms in total. The summed E-state index contributed by atoms with van der Waals surface area (Å²) in [6.45, 7) is 8.60. The zero-order chi connectivity index (χ0) is 27.7. The van der Waals surface area contributed by atoms with Crippen molar-refractivity contribution in [3.63, 3.8) is 0 Å². The van der Waals surface area contributed by atoms with Crippen molar-refractivity contribution >= 4 is 23.2 Å². The van der Waals surface area contributed by atoms with Crippen LogP contribution in [0.1, 0.15) is 55.9 Å². The molecule has 5 rings (SSSR count). The van der Waals surface area contributed by atoms with Crippen molar-refractivity contribution in [2.24, 2.45) is 17.6 Å². The normalized spacial score (nSPS) is 25.3. The lowest BCUT2D eigenvalue weighted by atomic mass is 9.59. The Labute approximate surface area is 220 Å². The summed E-state index contributed by atoms with van der Waals surface area (Å²) < 4.78 is 5.91. The number of Topliss-reactive ketones (excluding diaryl/α,β-unsaturated/α-hetero) is 2. The standard InChI is InChI=1S/C29H32N2O7/c1-13-5-6-17(24-14(7-8-38-24)12-31-28(2,3)4)18-10-15-9-16-11-19(32)22(27(30)36)26(35)29(16,37)25(34)21(15)23(33)20(13)18/h5-8,15-16,31,33,35,37H,9-12H2,1-4H3,(H2,30,36)/t15-,16+,29+/m1/s1. The van der Waals surface area contributed by atoms with Gasteiger partial charge >= 0.3 is 0 Å². The van der Waals surface area contributed by atoms with Crippen LogP contribution in [0.25, 0.3) is 17.1 Å². The van der Waals surface area contributed by atoms with E-state index in [1.54, 1.807) is 6.26 Å². The lowest BCUT2D eigenvalue weighted by Gasteiger charge is -2.46. The van der Waals surface area contributed by atoms with Gasteiger partial charge in [0.05, 0.1) is 6.26 Å². The maximum absolute atomic E-state index is 13.7. The summed E-state index contributed by atoms with van der Waals surface area (Å²) in [5, 5.41) is 37.1. The SMILES string of the molecule is Cc1ccc(-c2occc2CNC(C)(C)C)c2c1C(O)=C1C(=O)[C@]3(O)C(O)=C(C(N)=O)C(=O)C[C@@H]3C[C@@H]1C2. The number of nitrogens with two attached hydrogens (primary N) is 1. The fourth-order valence-electron chi connectivity index (χ4n) is 6.10.